The van der Waals surface area contributed by atoms with Crippen molar-refractivity contribution in [1.82, 2.24) is 10.4 Å². The number of hydrogen-bond acceptors (Lipinski definition) is 8. The Morgan fingerprint density at radius 1 is 0.738 bits per heavy atom. The van der Waals surface area contributed by atoms with Gasteiger partial charge in [0.15, 0.2) is 23.0 Å². The van der Waals surface area contributed by atoms with Gasteiger partial charge in [-0.15, -0.1) is 0 Å². The summed E-state index contributed by atoms with van der Waals surface area (Å²) < 4.78 is 21.5. The van der Waals surface area contributed by atoms with Crippen LogP contribution in [0.3, 0.4) is 0 Å². The zero-order chi connectivity index (χ0) is 29.5. The molecular formula is C33H27N3O6. The highest BCUT2D eigenvalue weighted by Crippen LogP contribution is 2.31. The summed E-state index contributed by atoms with van der Waals surface area (Å²) in [5.74, 6) is 0.457. The zero-order valence-electron chi connectivity index (χ0n) is 23.2. The van der Waals surface area contributed by atoms with E-state index in [1.165, 1.54) is 33.6 Å². The lowest BCUT2D eigenvalue weighted by atomic mass is 10.0. The number of carbonyl (C=O) groups is 2. The van der Waals surface area contributed by atoms with Gasteiger partial charge in [-0.2, -0.15) is 5.10 Å². The Labute approximate surface area is 242 Å². The number of fused-ring (bicyclic) bond motifs is 1. The van der Waals surface area contributed by atoms with Crippen molar-refractivity contribution >= 4 is 29.0 Å². The van der Waals surface area contributed by atoms with Crippen molar-refractivity contribution in [3.63, 3.8) is 0 Å². The van der Waals surface area contributed by atoms with Crippen LogP contribution in [0.15, 0.2) is 102 Å². The molecule has 1 N–H and O–H groups in total. The summed E-state index contributed by atoms with van der Waals surface area (Å²) >= 11 is 0. The van der Waals surface area contributed by atoms with Gasteiger partial charge in [-0.1, -0.05) is 48.5 Å². The fourth-order valence-corrected chi connectivity index (χ4v) is 4.32. The maximum atomic E-state index is 13.2. The summed E-state index contributed by atoms with van der Waals surface area (Å²) in [6.45, 7) is 0. The van der Waals surface area contributed by atoms with E-state index in [1.54, 1.807) is 36.4 Å². The monoisotopic (exact) mass is 561 g/mol. The highest BCUT2D eigenvalue weighted by Gasteiger charge is 2.16. The molecule has 5 aromatic rings. The summed E-state index contributed by atoms with van der Waals surface area (Å²) in [6, 6.07) is 28.5. The van der Waals surface area contributed by atoms with Crippen LogP contribution in [0.25, 0.3) is 22.2 Å². The average molecular weight is 562 g/mol. The number of hydrazone groups is 1. The lowest BCUT2D eigenvalue weighted by molar-refractivity contribution is 0.0729. The van der Waals surface area contributed by atoms with Gasteiger partial charge in [0.05, 0.1) is 49.9 Å². The largest absolute Gasteiger partial charge is 0.493 e. The molecule has 0 atom stereocenters. The molecule has 0 bridgehead atoms. The van der Waals surface area contributed by atoms with E-state index in [4.69, 9.17) is 23.9 Å². The molecule has 0 saturated heterocycles. The number of ether oxygens (including phenoxy) is 4. The van der Waals surface area contributed by atoms with Crippen molar-refractivity contribution in [1.29, 1.82) is 0 Å². The molecular weight excluding hydrogens is 534 g/mol. The Balaban J connectivity index is 1.32. The first-order chi connectivity index (χ1) is 20.5. The Morgan fingerprint density at radius 3 is 2.19 bits per heavy atom. The third-order valence-corrected chi connectivity index (χ3v) is 6.42. The van der Waals surface area contributed by atoms with Gasteiger partial charge in [-0.05, 0) is 54.1 Å². The van der Waals surface area contributed by atoms with Crippen LogP contribution in [0.4, 0.5) is 0 Å². The molecule has 0 fully saturated rings. The van der Waals surface area contributed by atoms with E-state index in [9.17, 15) is 9.59 Å². The molecule has 5 rings (SSSR count). The fraction of sp³-hybridized carbons (Fsp3) is 0.0909. The first kappa shape index (κ1) is 27.9. The van der Waals surface area contributed by atoms with E-state index >= 15 is 0 Å². The Hall–Kier alpha value is -5.70. The highest BCUT2D eigenvalue weighted by molar-refractivity contribution is 6.07. The van der Waals surface area contributed by atoms with E-state index in [-0.39, 0.29) is 17.2 Å². The third kappa shape index (κ3) is 6.05. The molecule has 0 aliphatic rings. The number of pyridine rings is 1. The van der Waals surface area contributed by atoms with Gasteiger partial charge < -0.3 is 18.9 Å². The Bertz CT molecular complexity index is 1790. The Kier molecular flexibility index (Phi) is 8.39. The third-order valence-electron chi connectivity index (χ3n) is 6.42. The minimum absolute atomic E-state index is 0.218. The normalized spacial score (nSPS) is 10.8. The van der Waals surface area contributed by atoms with Crippen LogP contribution in [0.1, 0.15) is 26.3 Å². The topological polar surface area (TPSA) is 108 Å². The summed E-state index contributed by atoms with van der Waals surface area (Å²) in [5, 5.41) is 4.86. The van der Waals surface area contributed by atoms with Crippen molar-refractivity contribution in [3.05, 3.63) is 114 Å². The molecule has 210 valence electrons. The molecule has 0 spiro atoms. The quantitative estimate of drug-likeness (QED) is 0.103. The predicted octanol–water partition coefficient (Wildman–Crippen LogP) is 5.91. The fourth-order valence-electron chi connectivity index (χ4n) is 4.32. The molecule has 0 radical (unpaired) electrons. The zero-order valence-corrected chi connectivity index (χ0v) is 23.2. The van der Waals surface area contributed by atoms with Crippen molar-refractivity contribution in [2.24, 2.45) is 5.10 Å². The SMILES string of the molecule is COc1ccc(C(=O)Oc2ccc(C=NNC(=O)c3cc(-c4ccccc4)nc4ccccc34)cc2OC)cc1OC. The molecule has 9 nitrogen and oxygen atoms in total. The number of esters is 1. The molecule has 1 amide bonds. The summed E-state index contributed by atoms with van der Waals surface area (Å²) in [4.78, 5) is 30.7. The second-order valence-corrected chi connectivity index (χ2v) is 9.01. The number of hydrogen-bond donors (Lipinski definition) is 1. The summed E-state index contributed by atoms with van der Waals surface area (Å²) in [7, 11) is 4.46. The Morgan fingerprint density at radius 2 is 1.43 bits per heavy atom. The van der Waals surface area contributed by atoms with Crippen LogP contribution >= 0.6 is 0 Å². The average Bonchev–Trinajstić information content (AvgIpc) is 3.04. The van der Waals surface area contributed by atoms with Gasteiger partial charge in [0.1, 0.15) is 0 Å². The van der Waals surface area contributed by atoms with Gasteiger partial charge in [0.2, 0.25) is 0 Å². The van der Waals surface area contributed by atoms with Crippen LogP contribution < -0.4 is 24.4 Å². The van der Waals surface area contributed by atoms with Crippen LogP contribution in [-0.4, -0.2) is 44.4 Å². The molecule has 9 heteroatoms. The van der Waals surface area contributed by atoms with Crippen LogP contribution in [-0.2, 0) is 0 Å². The standard InChI is InChI=1S/C33H27N3O6/c1-39-28-16-14-23(18-31(28)41-3)33(38)42-29-15-13-21(17-30(29)40-2)20-34-36-32(37)25-19-27(22-9-5-4-6-10-22)35-26-12-8-7-11-24(25)26/h4-20H,1-3H3,(H,36,37). The van der Waals surface area contributed by atoms with Gasteiger partial charge in [0.25, 0.3) is 5.91 Å². The van der Waals surface area contributed by atoms with Gasteiger partial charge >= 0.3 is 5.97 Å². The molecule has 1 aromatic heterocycles. The van der Waals surface area contributed by atoms with Crippen molar-refractivity contribution in [2.75, 3.05) is 21.3 Å². The van der Waals surface area contributed by atoms with Crippen molar-refractivity contribution in [2.45, 2.75) is 0 Å². The second kappa shape index (κ2) is 12.6. The van der Waals surface area contributed by atoms with Crippen LogP contribution in [0.5, 0.6) is 23.0 Å². The molecule has 0 saturated carbocycles. The van der Waals surface area contributed by atoms with E-state index in [0.717, 1.165) is 5.56 Å². The number of methoxy groups -OCH3 is 3. The second-order valence-electron chi connectivity index (χ2n) is 9.01. The molecule has 0 unspecified atom stereocenters. The molecule has 1 heterocycles. The lowest BCUT2D eigenvalue weighted by Gasteiger charge is -2.12. The first-order valence-electron chi connectivity index (χ1n) is 12.9. The van der Waals surface area contributed by atoms with Crippen LogP contribution in [0.2, 0.25) is 0 Å². The minimum Gasteiger partial charge on any atom is -0.493 e. The molecule has 0 aliphatic carbocycles. The van der Waals surface area contributed by atoms with Gasteiger partial charge in [-0.3, -0.25) is 4.79 Å². The number of benzene rings is 4. The number of aromatic nitrogens is 1. The van der Waals surface area contributed by atoms with Gasteiger partial charge in [-0.25, -0.2) is 15.2 Å². The first-order valence-corrected chi connectivity index (χ1v) is 12.9. The number of para-hydroxylation sites is 1. The molecule has 4 aromatic carbocycles. The van der Waals surface area contributed by atoms with Gasteiger partial charge in [0, 0.05) is 10.9 Å². The number of nitrogens with one attached hydrogen (secondary N) is 1. The minimum atomic E-state index is -0.595. The maximum absolute atomic E-state index is 13.2. The number of amides is 1. The van der Waals surface area contributed by atoms with Crippen LogP contribution in [0, 0.1) is 0 Å². The highest BCUT2D eigenvalue weighted by atomic mass is 16.6. The number of nitrogens with zero attached hydrogens (tertiary/aromatic N) is 2. The van der Waals surface area contributed by atoms with E-state index < -0.39 is 5.97 Å². The smallest absolute Gasteiger partial charge is 0.343 e. The summed E-state index contributed by atoms with van der Waals surface area (Å²) in [5.41, 5.74) is 6.24. The molecule has 42 heavy (non-hydrogen) atoms. The van der Waals surface area contributed by atoms with Crippen molar-refractivity contribution < 1.29 is 28.5 Å². The van der Waals surface area contributed by atoms with E-state index in [2.05, 4.69) is 10.5 Å². The summed E-state index contributed by atoms with van der Waals surface area (Å²) in [6.07, 6.45) is 1.47. The number of carbonyl (C=O) groups excluding carboxylic acids is 2. The van der Waals surface area contributed by atoms with Crippen molar-refractivity contribution in [3.8, 4) is 34.3 Å². The predicted molar refractivity (Wildman–Crippen MR) is 160 cm³/mol. The molecule has 0 aliphatic heterocycles. The lowest BCUT2D eigenvalue weighted by Crippen LogP contribution is -2.18. The van der Waals surface area contributed by atoms with E-state index in [1.807, 2.05) is 54.6 Å². The van der Waals surface area contributed by atoms with E-state index in [0.29, 0.717) is 45.0 Å². The number of rotatable bonds is 9. The maximum Gasteiger partial charge on any atom is 0.343 e.